The number of nitrogens with one attached hydrogen (secondary N) is 2. The van der Waals surface area contributed by atoms with Gasteiger partial charge in [0, 0.05) is 37.3 Å². The molecule has 7 nitrogen and oxygen atoms in total. The van der Waals surface area contributed by atoms with Crippen LogP contribution in [-0.2, 0) is 11.3 Å². The van der Waals surface area contributed by atoms with Crippen molar-refractivity contribution in [2.75, 3.05) is 19.7 Å². The lowest BCUT2D eigenvalue weighted by atomic mass is 9.83. The summed E-state index contributed by atoms with van der Waals surface area (Å²) in [6.45, 7) is 3.59. The molecule has 11 heteroatoms. The molecule has 2 N–H and O–H groups in total. The van der Waals surface area contributed by atoms with Crippen molar-refractivity contribution in [3.63, 3.8) is 0 Å². The van der Waals surface area contributed by atoms with Crippen LogP contribution in [0.2, 0.25) is 0 Å². The predicted molar refractivity (Wildman–Crippen MR) is 138 cm³/mol. The van der Waals surface area contributed by atoms with Gasteiger partial charge in [-0.25, -0.2) is 0 Å². The van der Waals surface area contributed by atoms with Crippen LogP contribution >= 0.6 is 47.0 Å². The number of hydrogen-bond acceptors (Lipinski definition) is 4. The lowest BCUT2D eigenvalue weighted by Gasteiger charge is -2.44. The Morgan fingerprint density at radius 1 is 1.15 bits per heavy atom. The van der Waals surface area contributed by atoms with Crippen molar-refractivity contribution in [1.29, 1.82) is 0 Å². The number of carbonyl (C=O) groups is 1. The van der Waals surface area contributed by atoms with E-state index in [2.05, 4.69) is 10.6 Å². The number of nitrogens with zero attached hydrogens (tertiary/aromatic N) is 2. The fourth-order valence-corrected chi connectivity index (χ4v) is 5.14. The van der Waals surface area contributed by atoms with Gasteiger partial charge in [-0.2, -0.15) is 0 Å². The number of para-hydroxylation sites is 1. The molecule has 2 aromatic rings. The van der Waals surface area contributed by atoms with Crippen LogP contribution in [0.1, 0.15) is 23.6 Å². The van der Waals surface area contributed by atoms with E-state index < -0.39 is 15.9 Å². The van der Waals surface area contributed by atoms with Crippen LogP contribution in [0.25, 0.3) is 0 Å². The molecule has 1 saturated heterocycles. The number of aromatic nitrogens is 1. The van der Waals surface area contributed by atoms with Gasteiger partial charge in [-0.15, -0.1) is 0 Å². The van der Waals surface area contributed by atoms with Crippen LogP contribution in [-0.4, -0.2) is 50.1 Å². The maximum atomic E-state index is 12.5. The van der Waals surface area contributed by atoms with Gasteiger partial charge >= 0.3 is 0 Å². The molecule has 3 heterocycles. The first kappa shape index (κ1) is 25.1. The van der Waals surface area contributed by atoms with Crippen LogP contribution < -0.4 is 20.9 Å². The number of pyridine rings is 1. The number of alkyl halides is 3. The highest BCUT2D eigenvalue weighted by Gasteiger charge is 2.38. The average Bonchev–Trinajstić information content (AvgIpc) is 2.78. The topological polar surface area (TPSA) is 75.6 Å². The minimum Gasteiger partial charge on any atom is -0.484 e. The van der Waals surface area contributed by atoms with Gasteiger partial charge in [0.2, 0.25) is 3.79 Å². The summed E-state index contributed by atoms with van der Waals surface area (Å²) in [6.07, 6.45) is -0.0710. The fraction of sp³-hybridized carbons (Fsp3) is 0.435. The Labute approximate surface area is 218 Å². The Morgan fingerprint density at radius 2 is 1.91 bits per heavy atom. The highest BCUT2D eigenvalue weighted by molar-refractivity contribution is 7.80. The summed E-state index contributed by atoms with van der Waals surface area (Å²) in [6, 6.07) is 12.7. The summed E-state index contributed by atoms with van der Waals surface area (Å²) in [5, 5.41) is 6.03. The third-order valence-corrected chi connectivity index (χ3v) is 7.15. The molecule has 2 aliphatic rings. The van der Waals surface area contributed by atoms with Crippen LogP contribution in [0.5, 0.6) is 5.75 Å². The number of aryl methyl sites for hydroxylation is 1. The van der Waals surface area contributed by atoms with E-state index >= 15 is 0 Å². The molecule has 2 bridgehead atoms. The number of halogens is 3. The van der Waals surface area contributed by atoms with Crippen molar-refractivity contribution >= 4 is 58.0 Å². The molecule has 182 valence electrons. The average molecular weight is 544 g/mol. The number of rotatable bonds is 5. The van der Waals surface area contributed by atoms with Crippen LogP contribution in [0.15, 0.2) is 47.3 Å². The number of likely N-dealkylation sites (tertiary alicyclic amines) is 1. The Bertz CT molecular complexity index is 1140. The Hall–Kier alpha value is -2.00. The van der Waals surface area contributed by atoms with Gasteiger partial charge in [-0.05, 0) is 49.2 Å². The molecule has 4 rings (SSSR count). The van der Waals surface area contributed by atoms with Gasteiger partial charge in [0.15, 0.2) is 11.7 Å². The van der Waals surface area contributed by atoms with Gasteiger partial charge in [0.1, 0.15) is 11.9 Å². The van der Waals surface area contributed by atoms with E-state index in [4.69, 9.17) is 51.8 Å². The zero-order valence-corrected chi connectivity index (χ0v) is 21.6. The van der Waals surface area contributed by atoms with Crippen LogP contribution in [0.4, 0.5) is 0 Å². The van der Waals surface area contributed by atoms with E-state index in [1.807, 2.05) is 40.7 Å². The first-order chi connectivity index (χ1) is 16.1. The predicted octanol–water partition coefficient (Wildman–Crippen LogP) is 3.34. The summed E-state index contributed by atoms with van der Waals surface area (Å²) in [5.74, 6) is 0.586. The molecule has 3 atom stereocenters. The SMILES string of the molecule is Cc1ccccc1OCC(=O)NC(NC(=S)N1C[C@H]2C[C@@H](C1)c1cccc(=O)n1C2)C(Cl)(Cl)Cl. The molecule has 0 saturated carbocycles. The van der Waals surface area contributed by atoms with Gasteiger partial charge in [0.05, 0.1) is 0 Å². The van der Waals surface area contributed by atoms with Crippen molar-refractivity contribution in [2.24, 2.45) is 5.92 Å². The minimum absolute atomic E-state index is 0.0215. The second-order valence-corrected chi connectivity index (χ2v) is 11.4. The van der Waals surface area contributed by atoms with E-state index in [1.54, 1.807) is 18.2 Å². The van der Waals surface area contributed by atoms with E-state index in [0.717, 1.165) is 17.7 Å². The van der Waals surface area contributed by atoms with Gasteiger partial charge in [-0.1, -0.05) is 59.1 Å². The lowest BCUT2D eigenvalue weighted by Crippen LogP contribution is -2.60. The lowest BCUT2D eigenvalue weighted by molar-refractivity contribution is -0.123. The minimum atomic E-state index is -1.85. The Balaban J connectivity index is 1.39. The van der Waals surface area contributed by atoms with E-state index in [-0.39, 0.29) is 24.0 Å². The number of carbonyl (C=O) groups excluding carboxylic acids is 1. The molecule has 0 aliphatic carbocycles. The molecule has 1 aromatic carbocycles. The molecule has 2 aliphatic heterocycles. The summed E-state index contributed by atoms with van der Waals surface area (Å²) in [7, 11) is 0. The molecule has 1 aromatic heterocycles. The summed E-state index contributed by atoms with van der Waals surface area (Å²) in [4.78, 5) is 26.8. The van der Waals surface area contributed by atoms with E-state index in [9.17, 15) is 9.59 Å². The first-order valence-corrected chi connectivity index (χ1v) is 12.5. The Kier molecular flexibility index (Phi) is 7.62. The van der Waals surface area contributed by atoms with Crippen molar-refractivity contribution in [2.45, 2.75) is 35.8 Å². The summed E-state index contributed by atoms with van der Waals surface area (Å²) in [5.41, 5.74) is 1.94. The molecule has 0 radical (unpaired) electrons. The van der Waals surface area contributed by atoms with Gasteiger partial charge in [-0.3, -0.25) is 9.59 Å². The summed E-state index contributed by atoms with van der Waals surface area (Å²) < 4.78 is 5.59. The van der Waals surface area contributed by atoms with Crippen molar-refractivity contribution in [3.8, 4) is 5.75 Å². The first-order valence-electron chi connectivity index (χ1n) is 10.9. The molecular formula is C23H25Cl3N4O3S. The van der Waals surface area contributed by atoms with E-state index in [0.29, 0.717) is 30.5 Å². The number of fused-ring (bicyclic) bond motifs is 4. The molecule has 1 unspecified atom stereocenters. The molecule has 34 heavy (non-hydrogen) atoms. The smallest absolute Gasteiger partial charge is 0.259 e. The largest absolute Gasteiger partial charge is 0.484 e. The molecule has 0 spiro atoms. The number of amides is 1. The number of thiocarbonyl (C=S) groups is 1. The second-order valence-electron chi connectivity index (χ2n) is 8.65. The van der Waals surface area contributed by atoms with Crippen molar-refractivity contribution in [3.05, 3.63) is 64.1 Å². The van der Waals surface area contributed by atoms with Gasteiger partial charge in [0.25, 0.3) is 11.5 Å². The quantitative estimate of drug-likeness (QED) is 0.342. The Morgan fingerprint density at radius 3 is 2.65 bits per heavy atom. The van der Waals surface area contributed by atoms with Crippen molar-refractivity contribution < 1.29 is 9.53 Å². The maximum Gasteiger partial charge on any atom is 0.259 e. The van der Waals surface area contributed by atoms with Gasteiger partial charge < -0.3 is 24.8 Å². The monoisotopic (exact) mass is 542 g/mol. The maximum absolute atomic E-state index is 12.5. The molecular weight excluding hydrogens is 519 g/mol. The van der Waals surface area contributed by atoms with E-state index in [1.165, 1.54) is 0 Å². The van der Waals surface area contributed by atoms with Crippen LogP contribution in [0, 0.1) is 12.8 Å². The highest BCUT2D eigenvalue weighted by Crippen LogP contribution is 2.35. The third-order valence-electron chi connectivity index (χ3n) is 6.12. The van der Waals surface area contributed by atoms with Crippen LogP contribution in [0.3, 0.4) is 0 Å². The highest BCUT2D eigenvalue weighted by atomic mass is 35.6. The zero-order chi connectivity index (χ0) is 24.5. The second kappa shape index (κ2) is 10.3. The third kappa shape index (κ3) is 5.79. The number of benzene rings is 1. The number of ether oxygens (including phenoxy) is 1. The fourth-order valence-electron chi connectivity index (χ4n) is 4.54. The normalized spacial score (nSPS) is 20.2. The summed E-state index contributed by atoms with van der Waals surface area (Å²) >= 11 is 24.1. The molecule has 1 amide bonds. The zero-order valence-electron chi connectivity index (χ0n) is 18.5. The standard InChI is InChI=1S/C23H25Cl3N4O3S/c1-14-5-2-3-7-18(14)33-13-19(31)27-21(23(24,25)26)28-22(34)29-10-15-9-16(12-29)17-6-4-8-20(32)30(17)11-15/h2-8,15-16,21H,9-13H2,1H3,(H,27,31)(H,28,34)/t15-,16+,21?/m1/s1. The molecule has 1 fully saturated rings. The van der Waals surface area contributed by atoms with Crippen molar-refractivity contribution in [1.82, 2.24) is 20.1 Å². The number of piperidine rings is 1. The number of hydrogen-bond donors (Lipinski definition) is 2.